The number of halogens is 1. The highest BCUT2D eigenvalue weighted by molar-refractivity contribution is 5.79. The van der Waals surface area contributed by atoms with Crippen LogP contribution in [0.25, 0.3) is 11.3 Å². The number of carboxylic acids is 1. The number of likely N-dealkylation sites (tertiary alicyclic amines) is 1. The van der Waals surface area contributed by atoms with Gasteiger partial charge in [-0.1, -0.05) is 12.1 Å². The fourth-order valence-electron chi connectivity index (χ4n) is 4.00. The van der Waals surface area contributed by atoms with Crippen molar-refractivity contribution < 1.29 is 23.5 Å². The van der Waals surface area contributed by atoms with Crippen LogP contribution < -0.4 is 0 Å². The molecule has 1 aliphatic heterocycles. The molecule has 142 valence electrons. The van der Waals surface area contributed by atoms with Gasteiger partial charge in [-0.3, -0.25) is 9.59 Å². The Morgan fingerprint density at radius 3 is 2.63 bits per heavy atom. The summed E-state index contributed by atoms with van der Waals surface area (Å²) in [6.45, 7) is 0.840. The first-order valence-electron chi connectivity index (χ1n) is 9.37. The molecule has 1 amide bonds. The van der Waals surface area contributed by atoms with E-state index in [1.165, 1.54) is 6.07 Å². The van der Waals surface area contributed by atoms with E-state index in [0.717, 1.165) is 12.8 Å². The van der Waals surface area contributed by atoms with Crippen molar-refractivity contribution in [3.05, 3.63) is 48.0 Å². The smallest absolute Gasteiger partial charge is 0.308 e. The first kappa shape index (κ1) is 17.8. The van der Waals surface area contributed by atoms with Gasteiger partial charge in [0.25, 0.3) is 0 Å². The van der Waals surface area contributed by atoms with E-state index in [1.54, 1.807) is 35.2 Å². The van der Waals surface area contributed by atoms with Crippen LogP contribution in [0.5, 0.6) is 0 Å². The Kier molecular flexibility index (Phi) is 4.72. The summed E-state index contributed by atoms with van der Waals surface area (Å²) in [7, 11) is 0. The van der Waals surface area contributed by atoms with Gasteiger partial charge in [-0.05, 0) is 48.9 Å². The summed E-state index contributed by atoms with van der Waals surface area (Å²) in [6.07, 6.45) is 2.81. The Morgan fingerprint density at radius 2 is 1.93 bits per heavy atom. The maximum absolute atomic E-state index is 13.8. The zero-order chi connectivity index (χ0) is 19.0. The molecule has 0 unspecified atom stereocenters. The zero-order valence-electron chi connectivity index (χ0n) is 14.9. The Bertz CT molecular complexity index is 857. The normalized spacial score (nSPS) is 22.2. The number of hydrogen-bond donors (Lipinski definition) is 1. The number of aliphatic carboxylic acids is 1. The molecule has 1 aliphatic carbocycles. The summed E-state index contributed by atoms with van der Waals surface area (Å²) >= 11 is 0. The lowest BCUT2D eigenvalue weighted by atomic mass is 9.92. The van der Waals surface area contributed by atoms with E-state index in [4.69, 9.17) is 4.42 Å². The molecule has 2 fully saturated rings. The maximum atomic E-state index is 13.8. The predicted molar refractivity (Wildman–Crippen MR) is 96.3 cm³/mol. The third-order valence-corrected chi connectivity index (χ3v) is 5.65. The number of benzene rings is 1. The van der Waals surface area contributed by atoms with E-state index >= 15 is 0 Å². The standard InChI is InChI=1S/C21H22FNO4/c22-18-4-2-1-3-15(18)19-9-7-14(27-19)8-10-20(24)23-11-16(13-5-6-13)17(12-23)21(25)26/h1-4,7,9,13,16-17H,5-6,8,10-12H2,(H,25,26)/t16-,17+/m1/s1. The molecule has 0 radical (unpaired) electrons. The van der Waals surface area contributed by atoms with Gasteiger partial charge in [0.15, 0.2) is 0 Å². The lowest BCUT2D eigenvalue weighted by molar-refractivity contribution is -0.142. The lowest BCUT2D eigenvalue weighted by Crippen LogP contribution is -2.30. The second-order valence-corrected chi connectivity index (χ2v) is 7.49. The minimum Gasteiger partial charge on any atom is -0.481 e. The average molecular weight is 371 g/mol. The second kappa shape index (κ2) is 7.18. The molecule has 1 aromatic carbocycles. The van der Waals surface area contributed by atoms with Crippen molar-refractivity contribution in [3.63, 3.8) is 0 Å². The first-order chi connectivity index (χ1) is 13.0. The molecular weight excluding hydrogens is 349 g/mol. The van der Waals surface area contributed by atoms with Crippen molar-refractivity contribution in [1.29, 1.82) is 0 Å². The fourth-order valence-corrected chi connectivity index (χ4v) is 4.00. The van der Waals surface area contributed by atoms with Crippen molar-refractivity contribution in [2.75, 3.05) is 13.1 Å². The second-order valence-electron chi connectivity index (χ2n) is 7.49. The first-order valence-corrected chi connectivity index (χ1v) is 9.37. The zero-order valence-corrected chi connectivity index (χ0v) is 14.9. The van der Waals surface area contributed by atoms with Gasteiger partial charge in [0.1, 0.15) is 17.3 Å². The number of rotatable bonds is 6. The minimum atomic E-state index is -0.803. The fraction of sp³-hybridized carbons (Fsp3) is 0.429. The molecule has 1 aromatic heterocycles. The van der Waals surface area contributed by atoms with Crippen molar-refractivity contribution in [2.24, 2.45) is 17.8 Å². The topological polar surface area (TPSA) is 70.8 Å². The number of aryl methyl sites for hydroxylation is 1. The van der Waals surface area contributed by atoms with E-state index in [2.05, 4.69) is 0 Å². The van der Waals surface area contributed by atoms with E-state index in [-0.39, 0.29) is 24.1 Å². The summed E-state index contributed by atoms with van der Waals surface area (Å²) < 4.78 is 19.5. The Labute approximate surface area is 156 Å². The van der Waals surface area contributed by atoms with Crippen molar-refractivity contribution >= 4 is 11.9 Å². The van der Waals surface area contributed by atoms with Gasteiger partial charge in [0, 0.05) is 25.9 Å². The van der Waals surface area contributed by atoms with Crippen LogP contribution in [0.4, 0.5) is 4.39 Å². The van der Waals surface area contributed by atoms with E-state index in [0.29, 0.717) is 42.5 Å². The third-order valence-electron chi connectivity index (χ3n) is 5.65. The molecule has 6 heteroatoms. The third kappa shape index (κ3) is 3.75. The van der Waals surface area contributed by atoms with Crippen LogP contribution in [-0.4, -0.2) is 35.0 Å². The highest BCUT2D eigenvalue weighted by Crippen LogP contribution is 2.44. The van der Waals surface area contributed by atoms with Gasteiger partial charge in [-0.2, -0.15) is 0 Å². The molecule has 1 saturated heterocycles. The van der Waals surface area contributed by atoms with Gasteiger partial charge in [-0.25, -0.2) is 4.39 Å². The molecule has 2 aliphatic rings. The number of amides is 1. The van der Waals surface area contributed by atoms with E-state index in [1.807, 2.05) is 0 Å². The van der Waals surface area contributed by atoms with E-state index in [9.17, 15) is 19.1 Å². The van der Waals surface area contributed by atoms with Crippen LogP contribution in [0.3, 0.4) is 0 Å². The number of nitrogens with zero attached hydrogens (tertiary/aromatic N) is 1. The molecular formula is C21H22FNO4. The van der Waals surface area contributed by atoms with Crippen LogP contribution in [0.2, 0.25) is 0 Å². The van der Waals surface area contributed by atoms with Crippen LogP contribution in [0.1, 0.15) is 25.0 Å². The molecule has 5 nitrogen and oxygen atoms in total. The van der Waals surface area contributed by atoms with Crippen LogP contribution >= 0.6 is 0 Å². The van der Waals surface area contributed by atoms with Crippen molar-refractivity contribution in [2.45, 2.75) is 25.7 Å². The SMILES string of the molecule is O=C(O)[C@H]1CN(C(=O)CCc2ccc(-c3ccccc3F)o2)C[C@@H]1C1CC1. The molecule has 2 heterocycles. The van der Waals surface area contributed by atoms with Gasteiger partial charge in [-0.15, -0.1) is 0 Å². The molecule has 27 heavy (non-hydrogen) atoms. The number of carbonyl (C=O) groups excluding carboxylic acids is 1. The summed E-state index contributed by atoms with van der Waals surface area (Å²) in [5.41, 5.74) is 0.395. The average Bonchev–Trinajstić information content (AvgIpc) is 3.22. The quantitative estimate of drug-likeness (QED) is 0.842. The van der Waals surface area contributed by atoms with Crippen LogP contribution in [0, 0.1) is 23.6 Å². The van der Waals surface area contributed by atoms with Gasteiger partial charge in [0.2, 0.25) is 5.91 Å². The maximum Gasteiger partial charge on any atom is 0.308 e. The number of carboxylic acid groups (broad SMARTS) is 1. The Balaban J connectivity index is 1.36. The number of carbonyl (C=O) groups is 2. The van der Waals surface area contributed by atoms with Gasteiger partial charge < -0.3 is 14.4 Å². The van der Waals surface area contributed by atoms with Crippen molar-refractivity contribution in [1.82, 2.24) is 4.90 Å². The largest absolute Gasteiger partial charge is 0.481 e. The highest BCUT2D eigenvalue weighted by atomic mass is 19.1. The number of hydrogen-bond acceptors (Lipinski definition) is 3. The van der Waals surface area contributed by atoms with Crippen LogP contribution in [-0.2, 0) is 16.0 Å². The highest BCUT2D eigenvalue weighted by Gasteiger charge is 2.46. The summed E-state index contributed by atoms with van der Waals surface area (Å²) in [4.78, 5) is 25.7. The summed E-state index contributed by atoms with van der Waals surface area (Å²) in [5.74, 6) is -0.0445. The van der Waals surface area contributed by atoms with Crippen molar-refractivity contribution in [3.8, 4) is 11.3 Å². The number of furan rings is 1. The lowest BCUT2D eigenvalue weighted by Gasteiger charge is -2.15. The Morgan fingerprint density at radius 1 is 1.15 bits per heavy atom. The Hall–Kier alpha value is -2.63. The monoisotopic (exact) mass is 371 g/mol. The van der Waals surface area contributed by atoms with Crippen LogP contribution in [0.15, 0.2) is 40.8 Å². The van der Waals surface area contributed by atoms with Gasteiger partial charge >= 0.3 is 5.97 Å². The van der Waals surface area contributed by atoms with Gasteiger partial charge in [0.05, 0.1) is 11.5 Å². The molecule has 2 aromatic rings. The molecule has 1 N–H and O–H groups in total. The molecule has 0 bridgehead atoms. The molecule has 1 saturated carbocycles. The summed E-state index contributed by atoms with van der Waals surface area (Å²) in [5, 5.41) is 9.42. The van der Waals surface area contributed by atoms with E-state index < -0.39 is 11.9 Å². The minimum absolute atomic E-state index is 0.0479. The molecule has 2 atom stereocenters. The summed E-state index contributed by atoms with van der Waals surface area (Å²) in [6, 6.07) is 9.86. The molecule has 0 spiro atoms. The molecule has 4 rings (SSSR count). The predicted octanol–water partition coefficient (Wildman–Crippen LogP) is 3.59.